The fraction of sp³-hybridized carbons (Fsp3) is 0.588. The quantitative estimate of drug-likeness (QED) is 0.808. The third-order valence-corrected chi connectivity index (χ3v) is 4.19. The molecule has 1 fully saturated rings. The van der Waals surface area contributed by atoms with E-state index in [1.807, 2.05) is 29.2 Å². The van der Waals surface area contributed by atoms with Crippen LogP contribution in [0.2, 0.25) is 0 Å². The van der Waals surface area contributed by atoms with Gasteiger partial charge in [0.1, 0.15) is 5.75 Å². The van der Waals surface area contributed by atoms with Crippen LogP contribution < -0.4 is 4.74 Å². The molecular formula is C17H25NO3. The third-order valence-electron chi connectivity index (χ3n) is 4.19. The second-order valence-electron chi connectivity index (χ2n) is 5.63. The maximum Gasteiger partial charge on any atom is 0.226 e. The number of amides is 1. The predicted molar refractivity (Wildman–Crippen MR) is 82.5 cm³/mol. The number of carbonyl (C=O) groups excluding carboxylic acids is 1. The third kappa shape index (κ3) is 4.74. The summed E-state index contributed by atoms with van der Waals surface area (Å²) in [4.78, 5) is 14.3. The number of piperidine rings is 1. The van der Waals surface area contributed by atoms with Gasteiger partial charge in [-0.3, -0.25) is 4.79 Å². The largest absolute Gasteiger partial charge is 0.497 e. The molecule has 0 aromatic heterocycles. The van der Waals surface area contributed by atoms with Gasteiger partial charge in [0.05, 0.1) is 13.5 Å². The maximum atomic E-state index is 12.3. The van der Waals surface area contributed by atoms with Crippen LogP contribution >= 0.6 is 0 Å². The Balaban J connectivity index is 1.81. The van der Waals surface area contributed by atoms with Crippen molar-refractivity contribution in [3.63, 3.8) is 0 Å². The van der Waals surface area contributed by atoms with Gasteiger partial charge < -0.3 is 14.4 Å². The molecule has 1 aliphatic rings. The fourth-order valence-corrected chi connectivity index (χ4v) is 2.82. The van der Waals surface area contributed by atoms with Gasteiger partial charge in [0.25, 0.3) is 0 Å². The fourth-order valence-electron chi connectivity index (χ4n) is 2.82. The molecule has 1 heterocycles. The summed E-state index contributed by atoms with van der Waals surface area (Å²) in [6, 6.07) is 7.74. The van der Waals surface area contributed by atoms with Crippen LogP contribution in [0.15, 0.2) is 24.3 Å². The average molecular weight is 291 g/mol. The van der Waals surface area contributed by atoms with Crippen LogP contribution in [-0.4, -0.2) is 44.7 Å². The highest BCUT2D eigenvalue weighted by Crippen LogP contribution is 2.21. The molecule has 0 spiro atoms. The summed E-state index contributed by atoms with van der Waals surface area (Å²) in [5.74, 6) is 1.72. The number of hydrogen-bond donors (Lipinski definition) is 0. The lowest BCUT2D eigenvalue weighted by molar-refractivity contribution is -0.131. The Morgan fingerprint density at radius 1 is 1.29 bits per heavy atom. The monoisotopic (exact) mass is 291 g/mol. The minimum atomic E-state index is 0.216. The molecule has 1 saturated heterocycles. The summed E-state index contributed by atoms with van der Waals surface area (Å²) in [6.07, 6.45) is 3.74. The van der Waals surface area contributed by atoms with Gasteiger partial charge in [-0.25, -0.2) is 0 Å². The van der Waals surface area contributed by atoms with Crippen LogP contribution in [-0.2, 0) is 16.0 Å². The van der Waals surface area contributed by atoms with Crippen molar-refractivity contribution in [2.75, 3.05) is 33.9 Å². The van der Waals surface area contributed by atoms with E-state index in [4.69, 9.17) is 9.47 Å². The van der Waals surface area contributed by atoms with Gasteiger partial charge in [0, 0.05) is 26.8 Å². The van der Waals surface area contributed by atoms with Crippen molar-refractivity contribution in [1.82, 2.24) is 4.90 Å². The van der Waals surface area contributed by atoms with Crippen molar-refractivity contribution in [1.29, 1.82) is 0 Å². The van der Waals surface area contributed by atoms with Gasteiger partial charge in [0.15, 0.2) is 0 Å². The number of nitrogens with zero attached hydrogens (tertiary/aromatic N) is 1. The molecule has 0 bridgehead atoms. The van der Waals surface area contributed by atoms with E-state index in [2.05, 4.69) is 0 Å². The van der Waals surface area contributed by atoms with Gasteiger partial charge in [0.2, 0.25) is 5.91 Å². The number of hydrogen-bond acceptors (Lipinski definition) is 3. The van der Waals surface area contributed by atoms with Crippen molar-refractivity contribution in [3.8, 4) is 5.75 Å². The Morgan fingerprint density at radius 3 is 2.71 bits per heavy atom. The van der Waals surface area contributed by atoms with Gasteiger partial charge in [-0.1, -0.05) is 12.1 Å². The zero-order valence-corrected chi connectivity index (χ0v) is 13.0. The molecular weight excluding hydrogens is 266 g/mol. The summed E-state index contributed by atoms with van der Waals surface area (Å²) in [5, 5.41) is 0. The molecule has 0 saturated carbocycles. The Labute approximate surface area is 127 Å². The van der Waals surface area contributed by atoms with Crippen LogP contribution in [0.1, 0.15) is 24.8 Å². The number of methoxy groups -OCH3 is 2. The first-order valence-corrected chi connectivity index (χ1v) is 7.62. The van der Waals surface area contributed by atoms with Crippen molar-refractivity contribution in [2.45, 2.75) is 25.7 Å². The number of likely N-dealkylation sites (tertiary alicyclic amines) is 1. The summed E-state index contributed by atoms with van der Waals surface area (Å²) < 4.78 is 10.3. The van der Waals surface area contributed by atoms with E-state index >= 15 is 0 Å². The lowest BCUT2D eigenvalue weighted by Crippen LogP contribution is -2.39. The molecule has 0 atom stereocenters. The normalized spacial score (nSPS) is 16.0. The molecule has 2 rings (SSSR count). The maximum absolute atomic E-state index is 12.3. The Hall–Kier alpha value is -1.55. The van der Waals surface area contributed by atoms with Crippen LogP contribution in [0, 0.1) is 5.92 Å². The Kier molecular flexibility index (Phi) is 6.05. The molecule has 1 amide bonds. The van der Waals surface area contributed by atoms with E-state index in [1.54, 1.807) is 14.2 Å². The first-order valence-electron chi connectivity index (χ1n) is 7.62. The van der Waals surface area contributed by atoms with Crippen molar-refractivity contribution in [2.24, 2.45) is 5.92 Å². The second kappa shape index (κ2) is 8.03. The summed E-state index contributed by atoms with van der Waals surface area (Å²) in [5.41, 5.74) is 1.01. The van der Waals surface area contributed by atoms with E-state index < -0.39 is 0 Å². The van der Waals surface area contributed by atoms with Crippen LogP contribution in [0.5, 0.6) is 5.75 Å². The summed E-state index contributed by atoms with van der Waals surface area (Å²) in [7, 11) is 3.39. The SMILES string of the molecule is COCCC1CCN(C(=O)Cc2cccc(OC)c2)CC1. The molecule has 4 heteroatoms. The van der Waals surface area contributed by atoms with Crippen LogP contribution in [0.4, 0.5) is 0 Å². The minimum Gasteiger partial charge on any atom is -0.497 e. The minimum absolute atomic E-state index is 0.216. The van der Waals surface area contributed by atoms with E-state index in [0.717, 1.165) is 50.3 Å². The second-order valence-corrected chi connectivity index (χ2v) is 5.63. The first kappa shape index (κ1) is 15.8. The number of benzene rings is 1. The summed E-state index contributed by atoms with van der Waals surface area (Å²) >= 11 is 0. The lowest BCUT2D eigenvalue weighted by Gasteiger charge is -2.32. The average Bonchev–Trinajstić information content (AvgIpc) is 2.53. The van der Waals surface area contributed by atoms with Gasteiger partial charge in [-0.15, -0.1) is 0 Å². The summed E-state index contributed by atoms with van der Waals surface area (Å²) in [6.45, 7) is 2.57. The Bertz CT molecular complexity index is 453. The Morgan fingerprint density at radius 2 is 2.05 bits per heavy atom. The van der Waals surface area contributed by atoms with Crippen LogP contribution in [0.25, 0.3) is 0 Å². The first-order chi connectivity index (χ1) is 10.2. The highest BCUT2D eigenvalue weighted by atomic mass is 16.5. The molecule has 0 radical (unpaired) electrons. The number of rotatable bonds is 6. The van der Waals surface area contributed by atoms with E-state index in [9.17, 15) is 4.79 Å². The highest BCUT2D eigenvalue weighted by Gasteiger charge is 2.22. The van der Waals surface area contributed by atoms with E-state index in [-0.39, 0.29) is 5.91 Å². The molecule has 116 valence electrons. The standard InChI is InChI=1S/C17H25NO3/c1-20-11-8-14-6-9-18(10-7-14)17(19)13-15-4-3-5-16(12-15)21-2/h3-5,12,14H,6-11,13H2,1-2H3. The zero-order chi connectivity index (χ0) is 15.1. The predicted octanol–water partition coefficient (Wildman–Crippen LogP) is 2.51. The number of ether oxygens (including phenoxy) is 2. The molecule has 1 aliphatic heterocycles. The van der Waals surface area contributed by atoms with Gasteiger partial charge >= 0.3 is 0 Å². The van der Waals surface area contributed by atoms with Gasteiger partial charge in [-0.05, 0) is 42.9 Å². The topological polar surface area (TPSA) is 38.8 Å². The molecule has 21 heavy (non-hydrogen) atoms. The van der Waals surface area contributed by atoms with Crippen molar-refractivity contribution >= 4 is 5.91 Å². The van der Waals surface area contributed by atoms with E-state index in [0.29, 0.717) is 12.3 Å². The highest BCUT2D eigenvalue weighted by molar-refractivity contribution is 5.79. The van der Waals surface area contributed by atoms with E-state index in [1.165, 1.54) is 0 Å². The molecule has 0 N–H and O–H groups in total. The lowest BCUT2D eigenvalue weighted by atomic mass is 9.93. The zero-order valence-electron chi connectivity index (χ0n) is 13.0. The van der Waals surface area contributed by atoms with Crippen LogP contribution in [0.3, 0.4) is 0 Å². The molecule has 0 unspecified atom stereocenters. The molecule has 0 aliphatic carbocycles. The smallest absolute Gasteiger partial charge is 0.226 e. The molecule has 1 aromatic rings. The number of carbonyl (C=O) groups is 1. The van der Waals surface area contributed by atoms with Crippen molar-refractivity contribution in [3.05, 3.63) is 29.8 Å². The molecule has 1 aromatic carbocycles. The van der Waals surface area contributed by atoms with Crippen molar-refractivity contribution < 1.29 is 14.3 Å². The van der Waals surface area contributed by atoms with Gasteiger partial charge in [-0.2, -0.15) is 0 Å². The molecule has 4 nitrogen and oxygen atoms in total.